The predicted octanol–water partition coefficient (Wildman–Crippen LogP) is 4.45. The molecule has 2 rings (SSSR count). The first-order valence-corrected chi connectivity index (χ1v) is 11.8. The van der Waals surface area contributed by atoms with Crippen LogP contribution in [0.15, 0.2) is 24.3 Å². The molecular weight excluding hydrogens is 292 g/mol. The Morgan fingerprint density at radius 2 is 1.86 bits per heavy atom. The normalized spacial score (nSPS) is 19.9. The molecule has 121 valence electrons. The van der Waals surface area contributed by atoms with E-state index in [1.165, 1.54) is 11.6 Å². The molecule has 1 atom stereocenters. The van der Waals surface area contributed by atoms with Gasteiger partial charge in [-0.15, -0.1) is 0 Å². The molecule has 1 aromatic rings. The molecule has 0 saturated heterocycles. The van der Waals surface area contributed by atoms with Crippen LogP contribution < -0.4 is 5.19 Å². The van der Waals surface area contributed by atoms with E-state index in [1.807, 2.05) is 24.3 Å². The highest BCUT2D eigenvalue weighted by atomic mass is 28.3. The maximum Gasteiger partial charge on any atom is 0.373 e. The van der Waals surface area contributed by atoms with Crippen LogP contribution in [-0.4, -0.2) is 14.0 Å². The van der Waals surface area contributed by atoms with Crippen molar-refractivity contribution in [3.8, 4) is 0 Å². The fraction of sp³-hybridized carbons (Fsp3) is 0.556. The van der Waals surface area contributed by atoms with Gasteiger partial charge in [-0.3, -0.25) is 4.89 Å². The molecule has 3 nitrogen and oxygen atoms in total. The third-order valence-electron chi connectivity index (χ3n) is 4.38. The average Bonchev–Trinajstić information content (AvgIpc) is 2.52. The molecule has 1 aliphatic carbocycles. The Kier molecular flexibility index (Phi) is 5.81. The van der Waals surface area contributed by atoms with Gasteiger partial charge in [0, 0.05) is 0 Å². The van der Waals surface area contributed by atoms with E-state index in [9.17, 15) is 4.79 Å². The molecule has 1 fully saturated rings. The lowest BCUT2D eigenvalue weighted by Gasteiger charge is -2.27. The summed E-state index contributed by atoms with van der Waals surface area (Å²) in [6.45, 7) is 9.01. The minimum absolute atomic E-state index is 0.407. The van der Waals surface area contributed by atoms with Crippen LogP contribution in [0.3, 0.4) is 0 Å². The van der Waals surface area contributed by atoms with Gasteiger partial charge in [-0.05, 0) is 30.9 Å². The summed E-state index contributed by atoms with van der Waals surface area (Å²) in [5.74, 6) is 0.0193. The van der Waals surface area contributed by atoms with Gasteiger partial charge in [-0.2, -0.15) is 4.89 Å². The van der Waals surface area contributed by atoms with Gasteiger partial charge in [0.15, 0.2) is 6.10 Å². The summed E-state index contributed by atoms with van der Waals surface area (Å²) in [5, 5.41) is 1.33. The average molecular weight is 319 g/mol. The SMILES string of the molecule is CCC1CCCC[C]1OOC(=O)c1ccc([Si](C)(C)C)cc1. The van der Waals surface area contributed by atoms with Crippen LogP contribution in [0.2, 0.25) is 19.6 Å². The highest BCUT2D eigenvalue weighted by molar-refractivity contribution is 6.88. The molecule has 1 aliphatic rings. The predicted molar refractivity (Wildman–Crippen MR) is 91.4 cm³/mol. The second-order valence-corrected chi connectivity index (χ2v) is 12.2. The van der Waals surface area contributed by atoms with Crippen molar-refractivity contribution in [2.45, 2.75) is 58.7 Å². The van der Waals surface area contributed by atoms with E-state index in [1.54, 1.807) is 0 Å². The molecule has 0 bridgehead atoms. The minimum atomic E-state index is -1.34. The maximum absolute atomic E-state index is 12.1. The van der Waals surface area contributed by atoms with Crippen LogP contribution in [0, 0.1) is 12.0 Å². The first-order chi connectivity index (χ1) is 10.4. The van der Waals surface area contributed by atoms with Crippen LogP contribution in [0.25, 0.3) is 0 Å². The highest BCUT2D eigenvalue weighted by Gasteiger charge is 2.28. The topological polar surface area (TPSA) is 35.5 Å². The first kappa shape index (κ1) is 17.2. The molecule has 0 heterocycles. The van der Waals surface area contributed by atoms with Crippen molar-refractivity contribution in [1.82, 2.24) is 0 Å². The molecule has 1 radical (unpaired) electrons. The molecule has 22 heavy (non-hydrogen) atoms. The molecule has 0 amide bonds. The van der Waals surface area contributed by atoms with Gasteiger partial charge < -0.3 is 0 Å². The lowest BCUT2D eigenvalue weighted by Crippen LogP contribution is -2.37. The van der Waals surface area contributed by atoms with E-state index >= 15 is 0 Å². The molecule has 1 saturated carbocycles. The standard InChI is InChI=1S/C18H27O3Si/c1-5-14-8-6-7-9-17(14)20-21-18(19)15-10-12-16(13-11-15)22(2,3)4/h10-14H,5-9H2,1-4H3. The van der Waals surface area contributed by atoms with Crippen LogP contribution in [0.5, 0.6) is 0 Å². The Bertz CT molecular complexity index is 490. The molecule has 0 spiro atoms. The maximum atomic E-state index is 12.1. The zero-order valence-corrected chi connectivity index (χ0v) is 15.1. The van der Waals surface area contributed by atoms with Crippen molar-refractivity contribution in [2.24, 2.45) is 5.92 Å². The second-order valence-electron chi connectivity index (χ2n) is 7.10. The van der Waals surface area contributed by atoms with Crippen molar-refractivity contribution in [3.63, 3.8) is 0 Å². The van der Waals surface area contributed by atoms with E-state index in [0.29, 0.717) is 11.5 Å². The zero-order chi connectivity index (χ0) is 16.2. The fourth-order valence-corrected chi connectivity index (χ4v) is 4.01. The van der Waals surface area contributed by atoms with Gasteiger partial charge >= 0.3 is 5.97 Å². The monoisotopic (exact) mass is 319 g/mol. The van der Waals surface area contributed by atoms with Gasteiger partial charge in [-0.25, -0.2) is 4.79 Å². The number of rotatable bonds is 5. The lowest BCUT2D eigenvalue weighted by molar-refractivity contribution is -0.247. The molecule has 0 aromatic heterocycles. The Morgan fingerprint density at radius 3 is 2.45 bits per heavy atom. The Morgan fingerprint density at radius 1 is 1.18 bits per heavy atom. The number of benzene rings is 1. The second kappa shape index (κ2) is 7.42. The van der Waals surface area contributed by atoms with Crippen LogP contribution in [0.1, 0.15) is 49.4 Å². The molecule has 0 aliphatic heterocycles. The van der Waals surface area contributed by atoms with Crippen molar-refractivity contribution < 1.29 is 14.6 Å². The molecule has 1 unspecified atom stereocenters. The summed E-state index contributed by atoms with van der Waals surface area (Å²) in [6.07, 6.45) is 6.36. The fourth-order valence-electron chi connectivity index (χ4n) is 2.84. The van der Waals surface area contributed by atoms with E-state index in [2.05, 4.69) is 26.6 Å². The number of hydrogen-bond donors (Lipinski definition) is 0. The summed E-state index contributed by atoms with van der Waals surface area (Å²) in [6, 6.07) is 7.74. The largest absolute Gasteiger partial charge is 0.373 e. The molecule has 0 N–H and O–H groups in total. The van der Waals surface area contributed by atoms with Crippen molar-refractivity contribution in [1.29, 1.82) is 0 Å². The van der Waals surface area contributed by atoms with Gasteiger partial charge in [0.05, 0.1) is 13.6 Å². The summed E-state index contributed by atoms with van der Waals surface area (Å²) in [7, 11) is -1.34. The smallest absolute Gasteiger partial charge is 0.292 e. The molecule has 1 aromatic carbocycles. The molecule has 4 heteroatoms. The van der Waals surface area contributed by atoms with Crippen LogP contribution >= 0.6 is 0 Å². The Labute approximate surface area is 135 Å². The van der Waals surface area contributed by atoms with Crippen molar-refractivity contribution in [2.75, 3.05) is 0 Å². The lowest BCUT2D eigenvalue weighted by atomic mass is 9.85. The van der Waals surface area contributed by atoms with Crippen molar-refractivity contribution >= 4 is 19.2 Å². The summed E-state index contributed by atoms with van der Waals surface area (Å²) in [4.78, 5) is 22.5. The van der Waals surface area contributed by atoms with E-state index < -0.39 is 14.0 Å². The van der Waals surface area contributed by atoms with Gasteiger partial charge in [0.1, 0.15) is 0 Å². The number of carbonyl (C=O) groups excluding carboxylic acids is 1. The number of hydrogen-bond acceptors (Lipinski definition) is 3. The Hall–Kier alpha value is -1.13. The van der Waals surface area contributed by atoms with E-state index in [4.69, 9.17) is 9.78 Å². The van der Waals surface area contributed by atoms with Crippen LogP contribution in [0.4, 0.5) is 0 Å². The Balaban J connectivity index is 1.92. The highest BCUT2D eigenvalue weighted by Crippen LogP contribution is 2.34. The van der Waals surface area contributed by atoms with Gasteiger partial charge in [-0.1, -0.05) is 63.1 Å². The minimum Gasteiger partial charge on any atom is -0.292 e. The van der Waals surface area contributed by atoms with Crippen LogP contribution in [-0.2, 0) is 9.78 Å². The molecular formula is C18H27O3Si. The van der Waals surface area contributed by atoms with Gasteiger partial charge in [0.25, 0.3) is 0 Å². The van der Waals surface area contributed by atoms with E-state index in [0.717, 1.165) is 31.8 Å². The first-order valence-electron chi connectivity index (χ1n) is 8.27. The third kappa shape index (κ3) is 4.43. The summed E-state index contributed by atoms with van der Waals surface area (Å²) < 4.78 is 0. The zero-order valence-electron chi connectivity index (χ0n) is 14.1. The van der Waals surface area contributed by atoms with Gasteiger partial charge in [0.2, 0.25) is 0 Å². The van der Waals surface area contributed by atoms with E-state index in [-0.39, 0.29) is 0 Å². The third-order valence-corrected chi connectivity index (χ3v) is 6.45. The summed E-state index contributed by atoms with van der Waals surface area (Å²) in [5.41, 5.74) is 0.548. The van der Waals surface area contributed by atoms with Crippen molar-refractivity contribution in [3.05, 3.63) is 35.9 Å². The number of carbonyl (C=O) groups is 1. The summed E-state index contributed by atoms with van der Waals surface area (Å²) >= 11 is 0. The quantitative estimate of drug-likeness (QED) is 0.457.